The van der Waals surface area contributed by atoms with Gasteiger partial charge in [-0.25, -0.2) is 0 Å². The fourth-order valence-corrected chi connectivity index (χ4v) is 4.26. The molecule has 0 aromatic heterocycles. The second-order valence-corrected chi connectivity index (χ2v) is 7.45. The van der Waals surface area contributed by atoms with Crippen molar-refractivity contribution < 1.29 is 9.59 Å². The molecule has 0 heterocycles. The van der Waals surface area contributed by atoms with E-state index in [1.54, 1.807) is 0 Å². The molecule has 1 unspecified atom stereocenters. The first-order chi connectivity index (χ1) is 12.7. The van der Waals surface area contributed by atoms with Gasteiger partial charge in [-0.3, -0.25) is 9.59 Å². The molecule has 4 rings (SSSR count). The first-order valence-electron chi connectivity index (χ1n) is 9.46. The molecule has 2 aromatic carbocycles. The van der Waals surface area contributed by atoms with Crippen molar-refractivity contribution in [1.82, 2.24) is 0 Å². The summed E-state index contributed by atoms with van der Waals surface area (Å²) in [5.74, 6) is 0.631. The Balaban J connectivity index is 1.36. The number of benzene rings is 2. The maximum atomic E-state index is 12.6. The van der Waals surface area contributed by atoms with Crippen molar-refractivity contribution >= 4 is 28.8 Å². The van der Waals surface area contributed by atoms with Crippen molar-refractivity contribution in [2.24, 2.45) is 17.8 Å². The highest BCUT2D eigenvalue weighted by Gasteiger charge is 2.41. The Labute approximate surface area is 154 Å². The molecule has 0 radical (unpaired) electrons. The number of rotatable bonds is 4. The van der Waals surface area contributed by atoms with Gasteiger partial charge in [-0.05, 0) is 62.1 Å². The standard InChI is InChI=1S/C22H24N2O2/c25-21-15-5-4-6-16(21)14-17(13-15)22(26)24-20-11-9-19(10-12-20)23-18-7-2-1-3-8-18/h1-3,7-12,15-17,23H,4-6,13-14H2,(H,24,26)/t15-,16+,17?. The molecule has 2 aliphatic rings. The van der Waals surface area contributed by atoms with E-state index in [1.807, 2.05) is 54.6 Å². The summed E-state index contributed by atoms with van der Waals surface area (Å²) in [6.45, 7) is 0. The van der Waals surface area contributed by atoms with E-state index in [9.17, 15) is 9.59 Å². The molecule has 2 aliphatic carbocycles. The van der Waals surface area contributed by atoms with Crippen molar-refractivity contribution in [3.8, 4) is 0 Å². The Morgan fingerprint density at radius 1 is 0.808 bits per heavy atom. The third kappa shape index (κ3) is 3.64. The van der Waals surface area contributed by atoms with Crippen molar-refractivity contribution in [2.75, 3.05) is 10.6 Å². The van der Waals surface area contributed by atoms with Crippen LogP contribution in [0.2, 0.25) is 0 Å². The molecule has 1 amide bonds. The van der Waals surface area contributed by atoms with Crippen LogP contribution in [0.5, 0.6) is 0 Å². The minimum absolute atomic E-state index is 0.0369. The molecule has 26 heavy (non-hydrogen) atoms. The highest BCUT2D eigenvalue weighted by atomic mass is 16.2. The van der Waals surface area contributed by atoms with Gasteiger partial charge in [0.05, 0.1) is 0 Å². The van der Waals surface area contributed by atoms with Gasteiger partial charge in [0, 0.05) is 34.8 Å². The van der Waals surface area contributed by atoms with Gasteiger partial charge in [0.25, 0.3) is 0 Å². The number of carbonyl (C=O) groups excluding carboxylic acids is 2. The molecule has 4 nitrogen and oxygen atoms in total. The Morgan fingerprint density at radius 2 is 1.38 bits per heavy atom. The van der Waals surface area contributed by atoms with E-state index in [4.69, 9.17) is 0 Å². The van der Waals surface area contributed by atoms with Crippen molar-refractivity contribution in [2.45, 2.75) is 32.1 Å². The van der Waals surface area contributed by atoms with Gasteiger partial charge < -0.3 is 10.6 Å². The molecule has 3 atom stereocenters. The first-order valence-corrected chi connectivity index (χ1v) is 9.46. The average molecular weight is 348 g/mol. The fourth-order valence-electron chi connectivity index (χ4n) is 4.26. The number of nitrogens with one attached hydrogen (secondary N) is 2. The second kappa shape index (κ2) is 7.32. The van der Waals surface area contributed by atoms with Gasteiger partial charge >= 0.3 is 0 Å². The summed E-state index contributed by atoms with van der Waals surface area (Å²) in [6.07, 6.45) is 4.48. The third-order valence-corrected chi connectivity index (χ3v) is 5.63. The lowest BCUT2D eigenvalue weighted by atomic mass is 9.67. The van der Waals surface area contributed by atoms with Crippen LogP contribution in [-0.2, 0) is 9.59 Å². The van der Waals surface area contributed by atoms with E-state index in [2.05, 4.69) is 10.6 Å². The molecule has 2 aromatic rings. The van der Waals surface area contributed by atoms with E-state index < -0.39 is 0 Å². The fraction of sp³-hybridized carbons (Fsp3) is 0.364. The van der Waals surface area contributed by atoms with Gasteiger partial charge in [-0.1, -0.05) is 24.6 Å². The predicted octanol–water partition coefficient (Wildman–Crippen LogP) is 4.76. The van der Waals surface area contributed by atoms with Crippen molar-refractivity contribution in [3.63, 3.8) is 0 Å². The molecule has 4 heteroatoms. The number of hydrogen-bond donors (Lipinski definition) is 2. The molecule has 2 saturated carbocycles. The van der Waals surface area contributed by atoms with Gasteiger partial charge in [0.15, 0.2) is 0 Å². The van der Waals surface area contributed by atoms with Crippen molar-refractivity contribution in [1.29, 1.82) is 0 Å². The lowest BCUT2D eigenvalue weighted by molar-refractivity contribution is -0.136. The number of ketones is 1. The van der Waals surface area contributed by atoms with Crippen LogP contribution in [0.1, 0.15) is 32.1 Å². The average Bonchev–Trinajstić information content (AvgIpc) is 2.64. The van der Waals surface area contributed by atoms with Crippen molar-refractivity contribution in [3.05, 3.63) is 54.6 Å². The lowest BCUT2D eigenvalue weighted by Crippen LogP contribution is -2.40. The van der Waals surface area contributed by atoms with Crippen LogP contribution in [0.3, 0.4) is 0 Å². The summed E-state index contributed by atoms with van der Waals surface area (Å²) in [4.78, 5) is 24.8. The molecule has 2 fully saturated rings. The van der Waals surface area contributed by atoms with E-state index in [0.29, 0.717) is 5.78 Å². The SMILES string of the molecule is O=C(Nc1ccc(Nc2ccccc2)cc1)C1C[C@H]2CCC[C@@H](C1)C2=O. The quantitative estimate of drug-likeness (QED) is 0.837. The van der Waals surface area contributed by atoms with E-state index in [-0.39, 0.29) is 23.7 Å². The van der Waals surface area contributed by atoms with Gasteiger partial charge in [0.1, 0.15) is 5.78 Å². The molecule has 0 saturated heterocycles. The molecule has 0 aliphatic heterocycles. The van der Waals surface area contributed by atoms with Crippen LogP contribution < -0.4 is 10.6 Å². The number of fused-ring (bicyclic) bond motifs is 2. The number of Topliss-reactive ketones (excluding diaryl/α,β-unsaturated/α-hetero) is 1. The summed E-state index contributed by atoms with van der Waals surface area (Å²) in [5, 5.41) is 6.36. The Bertz CT molecular complexity index is 770. The topological polar surface area (TPSA) is 58.2 Å². The normalized spacial score (nSPS) is 24.8. The Morgan fingerprint density at radius 3 is 2.04 bits per heavy atom. The molecule has 134 valence electrons. The summed E-state index contributed by atoms with van der Waals surface area (Å²) < 4.78 is 0. The number of amides is 1. The van der Waals surface area contributed by atoms with Gasteiger partial charge in [-0.15, -0.1) is 0 Å². The van der Waals surface area contributed by atoms with E-state index >= 15 is 0 Å². The Kier molecular flexibility index (Phi) is 4.74. The van der Waals surface area contributed by atoms with Gasteiger partial charge in [-0.2, -0.15) is 0 Å². The summed E-state index contributed by atoms with van der Waals surface area (Å²) in [6, 6.07) is 17.7. The monoisotopic (exact) mass is 348 g/mol. The number of carbonyl (C=O) groups is 2. The minimum Gasteiger partial charge on any atom is -0.356 e. The maximum Gasteiger partial charge on any atom is 0.227 e. The zero-order valence-electron chi connectivity index (χ0n) is 14.8. The highest BCUT2D eigenvalue weighted by Crippen LogP contribution is 2.40. The third-order valence-electron chi connectivity index (χ3n) is 5.63. The summed E-state index contributed by atoms with van der Waals surface area (Å²) in [5.41, 5.74) is 2.81. The van der Waals surface area contributed by atoms with Gasteiger partial charge in [0.2, 0.25) is 5.91 Å². The highest BCUT2D eigenvalue weighted by molar-refractivity contribution is 5.95. The molecule has 2 bridgehead atoms. The summed E-state index contributed by atoms with van der Waals surface area (Å²) >= 11 is 0. The zero-order valence-corrected chi connectivity index (χ0v) is 14.8. The number of para-hydroxylation sites is 1. The smallest absolute Gasteiger partial charge is 0.227 e. The minimum atomic E-state index is -0.0369. The largest absolute Gasteiger partial charge is 0.356 e. The van der Waals surface area contributed by atoms with Crippen LogP contribution in [-0.4, -0.2) is 11.7 Å². The lowest BCUT2D eigenvalue weighted by Gasteiger charge is -2.36. The number of anilines is 3. The predicted molar refractivity (Wildman–Crippen MR) is 103 cm³/mol. The second-order valence-electron chi connectivity index (χ2n) is 7.45. The van der Waals surface area contributed by atoms with Crippen LogP contribution >= 0.6 is 0 Å². The molecule has 2 N–H and O–H groups in total. The Hall–Kier alpha value is -2.62. The van der Waals surface area contributed by atoms with Crippen LogP contribution in [0.25, 0.3) is 0 Å². The molecular weight excluding hydrogens is 324 g/mol. The van der Waals surface area contributed by atoms with Crippen LogP contribution in [0.4, 0.5) is 17.1 Å². The van der Waals surface area contributed by atoms with E-state index in [1.165, 1.54) is 0 Å². The molecule has 0 spiro atoms. The van der Waals surface area contributed by atoms with Crippen LogP contribution in [0, 0.1) is 17.8 Å². The van der Waals surface area contributed by atoms with E-state index in [0.717, 1.165) is 49.2 Å². The van der Waals surface area contributed by atoms with Crippen LogP contribution in [0.15, 0.2) is 54.6 Å². The molecular formula is C22H24N2O2. The summed E-state index contributed by atoms with van der Waals surface area (Å²) in [7, 11) is 0. The number of hydrogen-bond acceptors (Lipinski definition) is 3. The zero-order chi connectivity index (χ0) is 17.9. The maximum absolute atomic E-state index is 12.6. The first kappa shape index (κ1) is 16.8.